The van der Waals surface area contributed by atoms with E-state index in [-0.39, 0.29) is 5.91 Å². The number of para-hydroxylation sites is 1. The van der Waals surface area contributed by atoms with Crippen molar-refractivity contribution in [2.75, 3.05) is 17.7 Å². The lowest BCUT2D eigenvalue weighted by atomic mass is 10.0. The molecule has 0 aliphatic heterocycles. The summed E-state index contributed by atoms with van der Waals surface area (Å²) in [6, 6.07) is 15.5. The van der Waals surface area contributed by atoms with Crippen LogP contribution in [0.25, 0.3) is 0 Å². The third-order valence-electron chi connectivity index (χ3n) is 4.47. The predicted molar refractivity (Wildman–Crippen MR) is 114 cm³/mol. The summed E-state index contributed by atoms with van der Waals surface area (Å²) in [6.45, 7) is 6.22. The molecule has 0 bridgehead atoms. The highest BCUT2D eigenvalue weighted by Gasteiger charge is 2.12. The first-order valence-electron chi connectivity index (χ1n) is 9.25. The number of anilines is 3. The molecule has 0 aliphatic rings. The van der Waals surface area contributed by atoms with Crippen LogP contribution in [-0.2, 0) is 0 Å². The summed E-state index contributed by atoms with van der Waals surface area (Å²) in [4.78, 5) is 17.0. The number of benzene rings is 2. The number of amides is 1. The SMILES string of the molecule is COc1ccc(C)cc1Nc1cncc(C(=O)Nc2ccccc2C(C)C)c1. The molecule has 0 spiro atoms. The predicted octanol–water partition coefficient (Wildman–Crippen LogP) is 5.52. The minimum Gasteiger partial charge on any atom is -0.495 e. The number of carbonyl (C=O) groups excluding carboxylic acids is 1. The minimum atomic E-state index is -0.194. The number of hydrogen-bond donors (Lipinski definition) is 2. The molecule has 5 heteroatoms. The summed E-state index contributed by atoms with van der Waals surface area (Å²) in [7, 11) is 1.63. The maximum atomic E-state index is 12.8. The summed E-state index contributed by atoms with van der Waals surface area (Å²) in [5, 5.41) is 6.29. The number of aryl methyl sites for hydroxylation is 1. The molecule has 144 valence electrons. The smallest absolute Gasteiger partial charge is 0.257 e. The van der Waals surface area contributed by atoms with Gasteiger partial charge in [-0.2, -0.15) is 0 Å². The number of hydrogen-bond acceptors (Lipinski definition) is 4. The summed E-state index contributed by atoms with van der Waals surface area (Å²) >= 11 is 0. The Morgan fingerprint density at radius 3 is 2.57 bits per heavy atom. The van der Waals surface area contributed by atoms with Crippen LogP contribution in [0.3, 0.4) is 0 Å². The van der Waals surface area contributed by atoms with Gasteiger partial charge in [-0.05, 0) is 48.2 Å². The van der Waals surface area contributed by atoms with Crippen molar-refractivity contribution in [2.45, 2.75) is 26.7 Å². The molecule has 1 heterocycles. The fourth-order valence-electron chi connectivity index (χ4n) is 3.02. The average molecular weight is 375 g/mol. The maximum absolute atomic E-state index is 12.8. The number of rotatable bonds is 6. The van der Waals surface area contributed by atoms with E-state index in [9.17, 15) is 4.79 Å². The third kappa shape index (κ3) is 4.49. The van der Waals surface area contributed by atoms with E-state index in [2.05, 4.69) is 29.5 Å². The van der Waals surface area contributed by atoms with E-state index >= 15 is 0 Å². The number of pyridine rings is 1. The van der Waals surface area contributed by atoms with Crippen molar-refractivity contribution in [1.82, 2.24) is 4.98 Å². The van der Waals surface area contributed by atoms with Crippen LogP contribution < -0.4 is 15.4 Å². The number of aromatic nitrogens is 1. The molecule has 1 aromatic heterocycles. The fourth-order valence-corrected chi connectivity index (χ4v) is 3.02. The van der Waals surface area contributed by atoms with Gasteiger partial charge < -0.3 is 15.4 Å². The lowest BCUT2D eigenvalue weighted by Crippen LogP contribution is -2.14. The van der Waals surface area contributed by atoms with E-state index < -0.39 is 0 Å². The van der Waals surface area contributed by atoms with Gasteiger partial charge in [-0.25, -0.2) is 0 Å². The molecule has 5 nitrogen and oxygen atoms in total. The first kappa shape index (κ1) is 19.4. The quantitative estimate of drug-likeness (QED) is 0.596. The van der Waals surface area contributed by atoms with E-state index in [1.807, 2.05) is 49.4 Å². The normalized spacial score (nSPS) is 10.6. The number of nitrogens with one attached hydrogen (secondary N) is 2. The van der Waals surface area contributed by atoms with Gasteiger partial charge >= 0.3 is 0 Å². The van der Waals surface area contributed by atoms with Gasteiger partial charge in [-0.1, -0.05) is 38.1 Å². The Morgan fingerprint density at radius 2 is 1.82 bits per heavy atom. The number of methoxy groups -OCH3 is 1. The molecule has 2 N–H and O–H groups in total. The zero-order valence-corrected chi connectivity index (χ0v) is 16.6. The van der Waals surface area contributed by atoms with Gasteiger partial charge in [-0.3, -0.25) is 9.78 Å². The topological polar surface area (TPSA) is 63.2 Å². The van der Waals surface area contributed by atoms with Gasteiger partial charge in [0, 0.05) is 11.9 Å². The Balaban J connectivity index is 1.82. The molecule has 1 amide bonds. The molecule has 0 saturated heterocycles. The molecule has 2 aromatic carbocycles. The zero-order valence-electron chi connectivity index (χ0n) is 16.6. The monoisotopic (exact) mass is 375 g/mol. The van der Waals surface area contributed by atoms with Crippen molar-refractivity contribution in [3.05, 3.63) is 77.6 Å². The second kappa shape index (κ2) is 8.57. The van der Waals surface area contributed by atoms with Crippen molar-refractivity contribution in [3.63, 3.8) is 0 Å². The number of ether oxygens (including phenoxy) is 1. The molecular weight excluding hydrogens is 350 g/mol. The first-order chi connectivity index (χ1) is 13.5. The molecular formula is C23H25N3O2. The first-order valence-corrected chi connectivity index (χ1v) is 9.25. The minimum absolute atomic E-state index is 0.194. The van der Waals surface area contributed by atoms with Crippen molar-refractivity contribution in [3.8, 4) is 5.75 Å². The fraction of sp³-hybridized carbons (Fsp3) is 0.217. The van der Waals surface area contributed by atoms with Crippen LogP contribution in [0.5, 0.6) is 5.75 Å². The van der Waals surface area contributed by atoms with E-state index in [1.165, 1.54) is 0 Å². The summed E-state index contributed by atoms with van der Waals surface area (Å²) in [6.07, 6.45) is 3.24. The van der Waals surface area contributed by atoms with Gasteiger partial charge in [0.2, 0.25) is 0 Å². The number of nitrogens with zero attached hydrogens (tertiary/aromatic N) is 1. The van der Waals surface area contributed by atoms with Gasteiger partial charge in [0.1, 0.15) is 5.75 Å². The van der Waals surface area contributed by atoms with Gasteiger partial charge in [0.15, 0.2) is 0 Å². The Kier molecular flexibility index (Phi) is 5.94. The van der Waals surface area contributed by atoms with E-state index in [0.717, 1.165) is 28.3 Å². The molecule has 0 radical (unpaired) electrons. The molecule has 3 aromatic rings. The average Bonchev–Trinajstić information content (AvgIpc) is 2.68. The van der Waals surface area contributed by atoms with Crippen LogP contribution in [0, 0.1) is 6.92 Å². The second-order valence-electron chi connectivity index (χ2n) is 6.99. The summed E-state index contributed by atoms with van der Waals surface area (Å²) in [5.41, 5.74) is 5.05. The van der Waals surface area contributed by atoms with Crippen LogP contribution in [0.4, 0.5) is 17.1 Å². The maximum Gasteiger partial charge on any atom is 0.257 e. The van der Waals surface area contributed by atoms with Crippen molar-refractivity contribution in [2.24, 2.45) is 0 Å². The van der Waals surface area contributed by atoms with Crippen LogP contribution in [0.15, 0.2) is 60.9 Å². The molecule has 0 fully saturated rings. The third-order valence-corrected chi connectivity index (χ3v) is 4.47. The van der Waals surface area contributed by atoms with Gasteiger partial charge in [-0.15, -0.1) is 0 Å². The second-order valence-corrected chi connectivity index (χ2v) is 6.99. The molecule has 3 rings (SSSR count). The molecule has 0 saturated carbocycles. The Morgan fingerprint density at radius 1 is 1.04 bits per heavy atom. The number of carbonyl (C=O) groups is 1. The van der Waals surface area contributed by atoms with Crippen LogP contribution in [0.1, 0.15) is 41.3 Å². The highest BCUT2D eigenvalue weighted by atomic mass is 16.5. The standard InChI is InChI=1S/C23H25N3O2/c1-15(2)19-7-5-6-8-20(19)26-23(27)17-12-18(14-24-13-17)25-21-11-16(3)9-10-22(21)28-4/h5-15,25H,1-4H3,(H,26,27). The van der Waals surface area contributed by atoms with Crippen molar-refractivity contribution >= 4 is 23.0 Å². The zero-order chi connectivity index (χ0) is 20.1. The van der Waals surface area contributed by atoms with Gasteiger partial charge in [0.05, 0.1) is 30.2 Å². The van der Waals surface area contributed by atoms with Crippen LogP contribution in [0.2, 0.25) is 0 Å². The lowest BCUT2D eigenvalue weighted by Gasteiger charge is -2.14. The lowest BCUT2D eigenvalue weighted by molar-refractivity contribution is 0.102. The van der Waals surface area contributed by atoms with Crippen molar-refractivity contribution in [1.29, 1.82) is 0 Å². The largest absolute Gasteiger partial charge is 0.495 e. The molecule has 0 atom stereocenters. The summed E-state index contributed by atoms with van der Waals surface area (Å²) in [5.74, 6) is 0.850. The highest BCUT2D eigenvalue weighted by Crippen LogP contribution is 2.29. The van der Waals surface area contributed by atoms with E-state index in [1.54, 1.807) is 25.6 Å². The Bertz CT molecular complexity index is 983. The van der Waals surface area contributed by atoms with E-state index in [4.69, 9.17) is 4.74 Å². The van der Waals surface area contributed by atoms with Gasteiger partial charge in [0.25, 0.3) is 5.91 Å². The Hall–Kier alpha value is -3.34. The van der Waals surface area contributed by atoms with Crippen LogP contribution in [-0.4, -0.2) is 18.0 Å². The molecule has 0 aliphatic carbocycles. The summed E-state index contributed by atoms with van der Waals surface area (Å²) < 4.78 is 5.40. The molecule has 0 unspecified atom stereocenters. The molecule has 28 heavy (non-hydrogen) atoms. The highest BCUT2D eigenvalue weighted by molar-refractivity contribution is 6.05. The Labute approximate surface area is 165 Å². The van der Waals surface area contributed by atoms with Crippen molar-refractivity contribution < 1.29 is 9.53 Å². The van der Waals surface area contributed by atoms with Crippen LogP contribution >= 0.6 is 0 Å². The van der Waals surface area contributed by atoms with E-state index in [0.29, 0.717) is 17.2 Å².